The first-order valence-corrected chi connectivity index (χ1v) is 8.11. The summed E-state index contributed by atoms with van der Waals surface area (Å²) in [6, 6.07) is 8.41. The number of nitrogens with zero attached hydrogens (tertiary/aromatic N) is 2. The van der Waals surface area contributed by atoms with Crippen molar-refractivity contribution >= 4 is 11.6 Å². The third-order valence-corrected chi connectivity index (χ3v) is 4.66. The molecule has 1 saturated heterocycles. The Morgan fingerprint density at radius 1 is 0.900 bits per heavy atom. The smallest absolute Gasteiger partial charge is 0.147 e. The van der Waals surface area contributed by atoms with Gasteiger partial charge in [0.2, 0.25) is 0 Å². The molecule has 2 fully saturated rings. The van der Waals surface area contributed by atoms with Crippen molar-refractivity contribution in [2.24, 2.45) is 0 Å². The van der Waals surface area contributed by atoms with Crippen LogP contribution in [0.2, 0.25) is 5.02 Å². The Hall–Kier alpha value is -0.770. The molecule has 1 saturated carbocycles. The Labute approximate surface area is 126 Å². The van der Waals surface area contributed by atoms with Gasteiger partial charge in [-0.05, 0) is 37.1 Å². The SMILES string of the molecule is Clc1ccc(ON2CCN(C3CCCCC3)CC2)cc1. The molecule has 110 valence electrons. The first kappa shape index (κ1) is 14.2. The zero-order chi connectivity index (χ0) is 13.8. The fraction of sp³-hybridized carbons (Fsp3) is 0.625. The van der Waals surface area contributed by atoms with Crippen molar-refractivity contribution in [2.45, 2.75) is 38.1 Å². The summed E-state index contributed by atoms with van der Waals surface area (Å²) >= 11 is 5.88. The molecule has 1 aliphatic carbocycles. The normalized spacial score (nSPS) is 22.9. The van der Waals surface area contributed by atoms with Crippen molar-refractivity contribution < 1.29 is 4.84 Å². The lowest BCUT2D eigenvalue weighted by molar-refractivity contribution is -0.0960. The Morgan fingerprint density at radius 2 is 1.55 bits per heavy atom. The summed E-state index contributed by atoms with van der Waals surface area (Å²) in [6.45, 7) is 4.22. The average Bonchev–Trinajstić information content (AvgIpc) is 2.51. The Bertz CT molecular complexity index is 409. The van der Waals surface area contributed by atoms with Gasteiger partial charge in [0.25, 0.3) is 0 Å². The molecule has 20 heavy (non-hydrogen) atoms. The molecule has 0 aromatic heterocycles. The standard InChI is InChI=1S/C16H23ClN2O/c17-14-6-8-16(9-7-14)20-19-12-10-18(11-13-19)15-4-2-1-3-5-15/h6-9,15H,1-5,10-13H2. The van der Waals surface area contributed by atoms with E-state index in [0.29, 0.717) is 0 Å². The number of benzene rings is 1. The monoisotopic (exact) mass is 294 g/mol. The molecule has 4 heteroatoms. The van der Waals surface area contributed by atoms with Crippen LogP contribution >= 0.6 is 11.6 Å². The van der Waals surface area contributed by atoms with Crippen molar-refractivity contribution in [1.29, 1.82) is 0 Å². The van der Waals surface area contributed by atoms with Crippen LogP contribution in [0.5, 0.6) is 5.75 Å². The predicted octanol–water partition coefficient (Wildman–Crippen LogP) is 3.58. The van der Waals surface area contributed by atoms with Crippen LogP contribution in [-0.2, 0) is 0 Å². The molecule has 1 heterocycles. The topological polar surface area (TPSA) is 15.7 Å². The Kier molecular flexibility index (Phi) is 4.81. The summed E-state index contributed by atoms with van der Waals surface area (Å²) in [5, 5.41) is 2.82. The molecule has 0 unspecified atom stereocenters. The van der Waals surface area contributed by atoms with Gasteiger partial charge in [0.1, 0.15) is 5.75 Å². The molecule has 3 nitrogen and oxygen atoms in total. The van der Waals surface area contributed by atoms with Gasteiger partial charge in [-0.1, -0.05) is 30.9 Å². The third-order valence-electron chi connectivity index (χ3n) is 4.41. The van der Waals surface area contributed by atoms with Crippen LogP contribution in [0.3, 0.4) is 0 Å². The molecule has 3 rings (SSSR count). The molecule has 0 N–H and O–H groups in total. The fourth-order valence-electron chi connectivity index (χ4n) is 3.25. The molecular formula is C16H23ClN2O. The maximum atomic E-state index is 5.89. The van der Waals surface area contributed by atoms with Gasteiger partial charge >= 0.3 is 0 Å². The minimum Gasteiger partial charge on any atom is -0.406 e. The van der Waals surface area contributed by atoms with Crippen LogP contribution in [0.15, 0.2) is 24.3 Å². The molecule has 2 aliphatic rings. The highest BCUT2D eigenvalue weighted by Gasteiger charge is 2.25. The van der Waals surface area contributed by atoms with Crippen molar-refractivity contribution in [3.05, 3.63) is 29.3 Å². The molecule has 0 spiro atoms. The van der Waals surface area contributed by atoms with Gasteiger partial charge in [-0.2, -0.15) is 0 Å². The van der Waals surface area contributed by atoms with Gasteiger partial charge in [0.05, 0.1) is 0 Å². The van der Waals surface area contributed by atoms with E-state index in [2.05, 4.69) is 9.96 Å². The molecule has 1 aromatic carbocycles. The Morgan fingerprint density at radius 3 is 2.20 bits per heavy atom. The highest BCUT2D eigenvalue weighted by Crippen LogP contribution is 2.24. The van der Waals surface area contributed by atoms with E-state index in [9.17, 15) is 0 Å². The fourth-order valence-corrected chi connectivity index (χ4v) is 3.38. The highest BCUT2D eigenvalue weighted by molar-refractivity contribution is 6.30. The number of halogens is 1. The average molecular weight is 295 g/mol. The van der Waals surface area contributed by atoms with E-state index in [0.717, 1.165) is 43.0 Å². The van der Waals surface area contributed by atoms with Crippen LogP contribution in [0.4, 0.5) is 0 Å². The number of hydrogen-bond acceptors (Lipinski definition) is 3. The first-order chi connectivity index (χ1) is 9.81. The summed E-state index contributed by atoms with van der Waals surface area (Å²) in [5.74, 6) is 0.875. The highest BCUT2D eigenvalue weighted by atomic mass is 35.5. The number of piperazine rings is 1. The number of hydrogen-bond donors (Lipinski definition) is 0. The van der Waals surface area contributed by atoms with E-state index in [-0.39, 0.29) is 0 Å². The van der Waals surface area contributed by atoms with E-state index in [4.69, 9.17) is 16.4 Å². The van der Waals surface area contributed by atoms with E-state index >= 15 is 0 Å². The largest absolute Gasteiger partial charge is 0.406 e. The van der Waals surface area contributed by atoms with E-state index in [1.54, 1.807) is 0 Å². The minimum atomic E-state index is 0.750. The summed E-state index contributed by atoms with van der Waals surface area (Å²) in [5.41, 5.74) is 0. The molecule has 0 bridgehead atoms. The summed E-state index contributed by atoms with van der Waals surface area (Å²) in [6.07, 6.45) is 7.02. The number of rotatable bonds is 3. The van der Waals surface area contributed by atoms with Crippen LogP contribution < -0.4 is 4.84 Å². The van der Waals surface area contributed by atoms with E-state index < -0.39 is 0 Å². The lowest BCUT2D eigenvalue weighted by Gasteiger charge is -2.40. The first-order valence-electron chi connectivity index (χ1n) is 7.74. The van der Waals surface area contributed by atoms with Crippen molar-refractivity contribution in [3.63, 3.8) is 0 Å². The molecule has 0 amide bonds. The maximum Gasteiger partial charge on any atom is 0.147 e. The second-order valence-corrected chi connectivity index (χ2v) is 6.24. The molecule has 1 aromatic rings. The molecular weight excluding hydrogens is 272 g/mol. The van der Waals surface area contributed by atoms with Gasteiger partial charge in [-0.3, -0.25) is 4.90 Å². The molecule has 0 radical (unpaired) electrons. The van der Waals surface area contributed by atoms with Gasteiger partial charge in [0.15, 0.2) is 0 Å². The minimum absolute atomic E-state index is 0.750. The molecule has 0 atom stereocenters. The van der Waals surface area contributed by atoms with E-state index in [1.807, 2.05) is 24.3 Å². The zero-order valence-corrected chi connectivity index (χ0v) is 12.7. The Balaban J connectivity index is 1.47. The van der Waals surface area contributed by atoms with Crippen LogP contribution in [0.1, 0.15) is 32.1 Å². The molecule has 1 aliphatic heterocycles. The lowest BCUT2D eigenvalue weighted by Crippen LogP contribution is -2.51. The van der Waals surface area contributed by atoms with E-state index in [1.165, 1.54) is 32.1 Å². The number of hydroxylamine groups is 2. The lowest BCUT2D eigenvalue weighted by atomic mass is 9.94. The second-order valence-electron chi connectivity index (χ2n) is 5.80. The maximum absolute atomic E-state index is 5.89. The van der Waals surface area contributed by atoms with Crippen molar-refractivity contribution in [3.8, 4) is 5.75 Å². The third kappa shape index (κ3) is 3.66. The van der Waals surface area contributed by atoms with Gasteiger partial charge < -0.3 is 4.84 Å². The summed E-state index contributed by atoms with van der Waals surface area (Å²) in [7, 11) is 0. The summed E-state index contributed by atoms with van der Waals surface area (Å²) in [4.78, 5) is 8.55. The zero-order valence-electron chi connectivity index (χ0n) is 11.9. The van der Waals surface area contributed by atoms with Gasteiger partial charge in [0, 0.05) is 37.2 Å². The van der Waals surface area contributed by atoms with Crippen LogP contribution in [0.25, 0.3) is 0 Å². The summed E-state index contributed by atoms with van der Waals surface area (Å²) < 4.78 is 0. The predicted molar refractivity (Wildman–Crippen MR) is 82.1 cm³/mol. The van der Waals surface area contributed by atoms with Crippen LogP contribution in [-0.4, -0.2) is 42.2 Å². The van der Waals surface area contributed by atoms with Gasteiger partial charge in [-0.15, -0.1) is 5.06 Å². The quantitative estimate of drug-likeness (QED) is 0.847. The second kappa shape index (κ2) is 6.79. The van der Waals surface area contributed by atoms with Crippen molar-refractivity contribution in [2.75, 3.05) is 26.2 Å². The van der Waals surface area contributed by atoms with Crippen molar-refractivity contribution in [1.82, 2.24) is 9.96 Å². The van der Waals surface area contributed by atoms with Gasteiger partial charge in [-0.25, -0.2) is 0 Å². The van der Waals surface area contributed by atoms with Crippen LogP contribution in [0, 0.1) is 0 Å².